The van der Waals surface area contributed by atoms with Gasteiger partial charge < -0.3 is 15.8 Å². The molecule has 2 aromatic rings. The Morgan fingerprint density at radius 3 is 2.21 bits per heavy atom. The smallest absolute Gasteiger partial charge is 0.193 e. The second-order valence-corrected chi connectivity index (χ2v) is 6.75. The first-order valence-electron chi connectivity index (χ1n) is 9.64. The Labute approximate surface area is 186 Å². The van der Waals surface area contributed by atoms with Crippen LogP contribution in [-0.4, -0.2) is 30.1 Å². The van der Waals surface area contributed by atoms with Crippen LogP contribution < -0.4 is 15.8 Å². The van der Waals surface area contributed by atoms with Crippen LogP contribution in [0, 0.1) is 0 Å². The molecular weight excluding hydrogens is 463 g/mol. The summed E-state index contributed by atoms with van der Waals surface area (Å²) in [6, 6.07) is 16.1. The highest BCUT2D eigenvalue weighted by molar-refractivity contribution is 14.0. The van der Waals surface area contributed by atoms with Gasteiger partial charge in [0.15, 0.2) is 5.96 Å². The number of aliphatic imine (C=N–C) groups is 1. The predicted octanol–water partition coefficient (Wildman–Crippen LogP) is 4.86. The number of nitrogens with two attached hydrogens (primary N) is 1. The quantitative estimate of drug-likeness (QED) is 0.296. The summed E-state index contributed by atoms with van der Waals surface area (Å²) in [7, 11) is 0. The molecular formula is C22H33IN4O. The van der Waals surface area contributed by atoms with Crippen LogP contribution in [0.3, 0.4) is 0 Å². The van der Waals surface area contributed by atoms with Crippen molar-refractivity contribution >= 4 is 35.6 Å². The van der Waals surface area contributed by atoms with Crippen molar-refractivity contribution in [3.8, 4) is 5.75 Å². The minimum absolute atomic E-state index is 0. The lowest BCUT2D eigenvalue weighted by molar-refractivity contribution is 0.242. The SMILES string of the molecule is CCN(CC)Cc1ccccc1CN=C(N)Nc1ccc(OC(C)C)cc1.I. The number of hydrogen-bond donors (Lipinski definition) is 2. The molecule has 0 heterocycles. The molecule has 5 nitrogen and oxygen atoms in total. The Hall–Kier alpha value is -1.80. The first kappa shape index (κ1) is 24.2. The molecule has 0 aliphatic heterocycles. The molecule has 0 saturated carbocycles. The first-order valence-corrected chi connectivity index (χ1v) is 9.64. The maximum Gasteiger partial charge on any atom is 0.193 e. The molecule has 0 amide bonds. The average Bonchev–Trinajstić information content (AvgIpc) is 2.66. The number of halogens is 1. The highest BCUT2D eigenvalue weighted by Crippen LogP contribution is 2.17. The largest absolute Gasteiger partial charge is 0.491 e. The molecule has 0 saturated heterocycles. The third-order valence-electron chi connectivity index (χ3n) is 4.33. The zero-order valence-corrected chi connectivity index (χ0v) is 19.6. The van der Waals surface area contributed by atoms with E-state index < -0.39 is 0 Å². The Kier molecular flexibility index (Phi) is 10.9. The van der Waals surface area contributed by atoms with Crippen molar-refractivity contribution in [1.82, 2.24) is 4.90 Å². The number of hydrogen-bond acceptors (Lipinski definition) is 3. The Bertz CT molecular complexity index is 728. The van der Waals surface area contributed by atoms with Crippen LogP contribution in [0.15, 0.2) is 53.5 Å². The Balaban J connectivity index is 0.00000392. The zero-order chi connectivity index (χ0) is 19.6. The summed E-state index contributed by atoms with van der Waals surface area (Å²) in [4.78, 5) is 6.91. The van der Waals surface area contributed by atoms with Gasteiger partial charge in [0.2, 0.25) is 0 Å². The minimum Gasteiger partial charge on any atom is -0.491 e. The van der Waals surface area contributed by atoms with Gasteiger partial charge in [0.25, 0.3) is 0 Å². The molecule has 0 atom stereocenters. The van der Waals surface area contributed by atoms with E-state index in [0.717, 1.165) is 31.1 Å². The molecule has 2 aromatic carbocycles. The average molecular weight is 496 g/mol. The Morgan fingerprint density at radius 2 is 1.64 bits per heavy atom. The molecule has 28 heavy (non-hydrogen) atoms. The van der Waals surface area contributed by atoms with Gasteiger partial charge in [-0.25, -0.2) is 4.99 Å². The molecule has 0 aliphatic carbocycles. The van der Waals surface area contributed by atoms with Crippen LogP contribution in [0.5, 0.6) is 5.75 Å². The molecule has 3 N–H and O–H groups in total. The fourth-order valence-electron chi connectivity index (χ4n) is 2.80. The molecule has 0 aliphatic rings. The minimum atomic E-state index is 0. The van der Waals surface area contributed by atoms with E-state index in [-0.39, 0.29) is 30.1 Å². The predicted molar refractivity (Wildman–Crippen MR) is 130 cm³/mol. The van der Waals surface area contributed by atoms with Crippen LogP contribution >= 0.6 is 24.0 Å². The number of rotatable bonds is 9. The van der Waals surface area contributed by atoms with Crippen LogP contribution in [-0.2, 0) is 13.1 Å². The maximum atomic E-state index is 6.07. The standard InChI is InChI=1S/C22H32N4O.HI/c1-5-26(6-2)16-19-10-8-7-9-18(19)15-24-22(23)25-20-11-13-21(14-12-20)27-17(3)4;/h7-14,17H,5-6,15-16H2,1-4H3,(H3,23,24,25);1H. The van der Waals surface area contributed by atoms with E-state index in [9.17, 15) is 0 Å². The number of nitrogens with zero attached hydrogens (tertiary/aromatic N) is 2. The molecule has 0 fully saturated rings. The first-order chi connectivity index (χ1) is 13.0. The second kappa shape index (κ2) is 12.6. The van der Waals surface area contributed by atoms with Gasteiger partial charge in [0.1, 0.15) is 5.75 Å². The summed E-state index contributed by atoms with van der Waals surface area (Å²) in [5.41, 5.74) is 9.47. The van der Waals surface area contributed by atoms with Gasteiger partial charge in [0, 0.05) is 12.2 Å². The topological polar surface area (TPSA) is 62.9 Å². The van der Waals surface area contributed by atoms with Crippen molar-refractivity contribution < 1.29 is 4.74 Å². The van der Waals surface area contributed by atoms with Crippen LogP contribution in [0.1, 0.15) is 38.8 Å². The van der Waals surface area contributed by atoms with Crippen LogP contribution in [0.2, 0.25) is 0 Å². The summed E-state index contributed by atoms with van der Waals surface area (Å²) in [5, 5.41) is 3.14. The zero-order valence-electron chi connectivity index (χ0n) is 17.3. The molecule has 0 radical (unpaired) electrons. The summed E-state index contributed by atoms with van der Waals surface area (Å²) in [6.45, 7) is 12.0. The summed E-state index contributed by atoms with van der Waals surface area (Å²) in [6.07, 6.45) is 0.159. The van der Waals surface area contributed by atoms with E-state index >= 15 is 0 Å². The number of nitrogens with one attached hydrogen (secondary N) is 1. The van der Waals surface area contributed by atoms with Gasteiger partial charge in [-0.05, 0) is 62.3 Å². The van der Waals surface area contributed by atoms with Crippen molar-refractivity contribution in [2.24, 2.45) is 10.7 Å². The van der Waals surface area contributed by atoms with Crippen molar-refractivity contribution in [2.75, 3.05) is 18.4 Å². The van der Waals surface area contributed by atoms with Gasteiger partial charge in [-0.2, -0.15) is 0 Å². The molecule has 0 unspecified atom stereocenters. The fourth-order valence-corrected chi connectivity index (χ4v) is 2.80. The van der Waals surface area contributed by atoms with Gasteiger partial charge in [0.05, 0.1) is 12.6 Å². The normalized spacial score (nSPS) is 11.4. The third-order valence-corrected chi connectivity index (χ3v) is 4.33. The molecule has 154 valence electrons. The van der Waals surface area contributed by atoms with Gasteiger partial charge in [-0.1, -0.05) is 38.1 Å². The summed E-state index contributed by atoms with van der Waals surface area (Å²) >= 11 is 0. The lowest BCUT2D eigenvalue weighted by Gasteiger charge is -2.19. The van der Waals surface area contributed by atoms with Crippen molar-refractivity contribution in [3.05, 3.63) is 59.7 Å². The molecule has 2 rings (SSSR count). The van der Waals surface area contributed by atoms with Crippen molar-refractivity contribution in [2.45, 2.75) is 46.9 Å². The van der Waals surface area contributed by atoms with E-state index in [1.54, 1.807) is 0 Å². The monoisotopic (exact) mass is 496 g/mol. The van der Waals surface area contributed by atoms with Crippen LogP contribution in [0.25, 0.3) is 0 Å². The fraction of sp³-hybridized carbons (Fsp3) is 0.409. The summed E-state index contributed by atoms with van der Waals surface area (Å²) < 4.78 is 5.65. The summed E-state index contributed by atoms with van der Waals surface area (Å²) in [5.74, 6) is 1.25. The van der Waals surface area contributed by atoms with Gasteiger partial charge >= 0.3 is 0 Å². The molecule has 0 spiro atoms. The maximum absolute atomic E-state index is 6.07. The highest BCUT2D eigenvalue weighted by Gasteiger charge is 2.06. The van der Waals surface area contributed by atoms with Gasteiger partial charge in [-0.3, -0.25) is 4.90 Å². The third kappa shape index (κ3) is 8.06. The van der Waals surface area contributed by atoms with E-state index in [1.807, 2.05) is 44.2 Å². The van der Waals surface area contributed by atoms with Crippen molar-refractivity contribution in [3.63, 3.8) is 0 Å². The molecule has 0 bridgehead atoms. The molecule has 0 aromatic heterocycles. The molecule has 6 heteroatoms. The number of anilines is 1. The van der Waals surface area contributed by atoms with E-state index in [0.29, 0.717) is 12.5 Å². The Morgan fingerprint density at radius 1 is 1.04 bits per heavy atom. The van der Waals surface area contributed by atoms with E-state index in [1.165, 1.54) is 11.1 Å². The van der Waals surface area contributed by atoms with Crippen LogP contribution in [0.4, 0.5) is 5.69 Å². The van der Waals surface area contributed by atoms with E-state index in [2.05, 4.69) is 47.3 Å². The van der Waals surface area contributed by atoms with E-state index in [4.69, 9.17) is 10.5 Å². The highest BCUT2D eigenvalue weighted by atomic mass is 127. The van der Waals surface area contributed by atoms with Crippen molar-refractivity contribution in [1.29, 1.82) is 0 Å². The number of benzene rings is 2. The van der Waals surface area contributed by atoms with Gasteiger partial charge in [-0.15, -0.1) is 24.0 Å². The lowest BCUT2D eigenvalue weighted by Crippen LogP contribution is -2.24. The second-order valence-electron chi connectivity index (χ2n) is 6.75. The lowest BCUT2D eigenvalue weighted by atomic mass is 10.1. The number of ether oxygens (including phenoxy) is 1. The number of guanidine groups is 1.